The van der Waals surface area contributed by atoms with E-state index in [-0.39, 0.29) is 16.8 Å². The van der Waals surface area contributed by atoms with Crippen LogP contribution >= 0.6 is 0 Å². The molecule has 154 valence electrons. The summed E-state index contributed by atoms with van der Waals surface area (Å²) < 4.78 is 4.79. The Morgan fingerprint density at radius 2 is 1.59 bits per heavy atom. The number of esters is 1. The van der Waals surface area contributed by atoms with Crippen molar-refractivity contribution in [2.45, 2.75) is 65.7 Å². The second-order valence-corrected chi connectivity index (χ2v) is 9.51. The Bertz CT molecular complexity index is 959. The Hall–Kier alpha value is -2.35. The van der Waals surface area contributed by atoms with Crippen LogP contribution in [-0.4, -0.2) is 13.1 Å². The number of hydrogen-bond acceptors (Lipinski definition) is 2. The number of allylic oxidation sites excluding steroid dienone is 1. The van der Waals surface area contributed by atoms with Crippen molar-refractivity contribution in [3.05, 3.63) is 69.8 Å². The van der Waals surface area contributed by atoms with Crippen molar-refractivity contribution in [2.24, 2.45) is 5.92 Å². The Morgan fingerprint density at radius 3 is 2.10 bits per heavy atom. The summed E-state index contributed by atoms with van der Waals surface area (Å²) in [6, 6.07) is 12.5. The molecule has 2 nitrogen and oxygen atoms in total. The number of ether oxygens (including phenoxy) is 1. The molecule has 3 rings (SSSR count). The maximum atomic E-state index is 11.7. The van der Waals surface area contributed by atoms with E-state index in [1.807, 2.05) is 24.3 Å². The highest BCUT2D eigenvalue weighted by molar-refractivity contribution is 5.90. The van der Waals surface area contributed by atoms with Crippen LogP contribution in [0.1, 0.15) is 86.6 Å². The van der Waals surface area contributed by atoms with Crippen molar-refractivity contribution >= 4 is 17.6 Å². The molecule has 2 aromatic rings. The largest absolute Gasteiger partial charge is 0.465 e. The highest BCUT2D eigenvalue weighted by Gasteiger charge is 2.48. The molecule has 0 radical (unpaired) electrons. The number of aryl methyl sites for hydroxylation is 1. The summed E-state index contributed by atoms with van der Waals surface area (Å²) in [5, 5.41) is 0. The number of carbonyl (C=O) groups excluding carboxylic acids is 1. The lowest BCUT2D eigenvalue weighted by Crippen LogP contribution is -2.30. The van der Waals surface area contributed by atoms with Crippen LogP contribution in [0, 0.1) is 5.92 Å². The van der Waals surface area contributed by atoms with E-state index < -0.39 is 0 Å². The number of hydrogen-bond donors (Lipinski definition) is 0. The number of benzene rings is 2. The average Bonchev–Trinajstić information content (AvgIpc) is 2.84. The fourth-order valence-electron chi connectivity index (χ4n) is 4.90. The topological polar surface area (TPSA) is 26.3 Å². The lowest BCUT2D eigenvalue weighted by molar-refractivity contribution is 0.0600. The summed E-state index contributed by atoms with van der Waals surface area (Å²) in [4.78, 5) is 11.7. The van der Waals surface area contributed by atoms with Gasteiger partial charge in [0.05, 0.1) is 12.7 Å². The molecular weight excluding hydrogens is 356 g/mol. The number of carbonyl (C=O) groups is 1. The molecule has 1 unspecified atom stereocenters. The van der Waals surface area contributed by atoms with Crippen LogP contribution in [0.5, 0.6) is 0 Å². The monoisotopic (exact) mass is 390 g/mol. The highest BCUT2D eigenvalue weighted by Crippen LogP contribution is 2.54. The summed E-state index contributed by atoms with van der Waals surface area (Å²) in [5.41, 5.74) is 8.98. The van der Waals surface area contributed by atoms with Crippen molar-refractivity contribution in [3.8, 4) is 0 Å². The van der Waals surface area contributed by atoms with Gasteiger partial charge in [-0.05, 0) is 75.6 Å². The first kappa shape index (κ1) is 21.4. The second-order valence-electron chi connectivity index (χ2n) is 9.51. The molecule has 0 aromatic heterocycles. The van der Waals surface area contributed by atoms with Crippen LogP contribution in [0.4, 0.5) is 0 Å². The average molecular weight is 391 g/mol. The minimum atomic E-state index is -0.303. The Labute approximate surface area is 176 Å². The van der Waals surface area contributed by atoms with E-state index in [1.54, 1.807) is 0 Å². The third kappa shape index (κ3) is 3.54. The molecule has 0 saturated heterocycles. The summed E-state index contributed by atoms with van der Waals surface area (Å²) in [7, 11) is 1.41. The SMILES string of the molecule is CCc1cc2c(cc1/C(C)=C/c1ccc(C(=O)OC)cc1)C(C)(C)C(C)C2(C)C. The second kappa shape index (κ2) is 7.48. The molecule has 0 saturated carbocycles. The Balaban J connectivity index is 2.06. The summed E-state index contributed by atoms with van der Waals surface area (Å²) >= 11 is 0. The molecule has 29 heavy (non-hydrogen) atoms. The smallest absolute Gasteiger partial charge is 0.337 e. The molecule has 2 heteroatoms. The van der Waals surface area contributed by atoms with Crippen LogP contribution in [0.15, 0.2) is 36.4 Å². The van der Waals surface area contributed by atoms with E-state index in [0.717, 1.165) is 12.0 Å². The molecule has 1 aliphatic rings. The van der Waals surface area contributed by atoms with E-state index in [4.69, 9.17) is 4.74 Å². The summed E-state index contributed by atoms with van der Waals surface area (Å²) in [5.74, 6) is 0.281. The van der Waals surface area contributed by atoms with E-state index in [2.05, 4.69) is 66.7 Å². The molecule has 0 spiro atoms. The Morgan fingerprint density at radius 1 is 1.03 bits per heavy atom. The fourth-order valence-corrected chi connectivity index (χ4v) is 4.90. The molecule has 0 amide bonds. The van der Waals surface area contributed by atoms with Gasteiger partial charge in [0.1, 0.15) is 0 Å². The summed E-state index contributed by atoms with van der Waals surface area (Å²) in [6.45, 7) is 16.3. The van der Waals surface area contributed by atoms with Crippen LogP contribution in [0.3, 0.4) is 0 Å². The van der Waals surface area contributed by atoms with Gasteiger partial charge in [0, 0.05) is 0 Å². The molecule has 2 aromatic carbocycles. The van der Waals surface area contributed by atoms with Gasteiger partial charge in [0.2, 0.25) is 0 Å². The third-order valence-corrected chi connectivity index (χ3v) is 7.32. The van der Waals surface area contributed by atoms with E-state index >= 15 is 0 Å². The van der Waals surface area contributed by atoms with E-state index in [0.29, 0.717) is 11.5 Å². The minimum Gasteiger partial charge on any atom is -0.465 e. The molecule has 1 aliphatic carbocycles. The van der Waals surface area contributed by atoms with Crippen LogP contribution in [-0.2, 0) is 22.0 Å². The van der Waals surface area contributed by atoms with Crippen LogP contribution in [0.2, 0.25) is 0 Å². The van der Waals surface area contributed by atoms with Crippen molar-refractivity contribution in [1.29, 1.82) is 0 Å². The predicted octanol–water partition coefficient (Wildman–Crippen LogP) is 6.80. The first-order chi connectivity index (χ1) is 13.5. The molecular formula is C27H34O2. The first-order valence-corrected chi connectivity index (χ1v) is 10.6. The molecule has 0 N–H and O–H groups in total. The molecule has 0 aliphatic heterocycles. The molecule has 0 fully saturated rings. The van der Waals surface area contributed by atoms with Gasteiger partial charge in [-0.25, -0.2) is 4.79 Å². The van der Waals surface area contributed by atoms with Gasteiger partial charge >= 0.3 is 5.97 Å². The van der Waals surface area contributed by atoms with Gasteiger partial charge in [-0.2, -0.15) is 0 Å². The normalized spacial score (nSPS) is 19.7. The zero-order valence-electron chi connectivity index (χ0n) is 19.1. The Kier molecular flexibility index (Phi) is 5.51. The van der Waals surface area contributed by atoms with Gasteiger partial charge in [0.25, 0.3) is 0 Å². The lowest BCUT2D eigenvalue weighted by Gasteiger charge is -2.32. The van der Waals surface area contributed by atoms with Crippen molar-refractivity contribution in [3.63, 3.8) is 0 Å². The van der Waals surface area contributed by atoms with E-state index in [9.17, 15) is 4.79 Å². The third-order valence-electron chi connectivity index (χ3n) is 7.32. The van der Waals surface area contributed by atoms with Gasteiger partial charge < -0.3 is 4.74 Å². The minimum absolute atomic E-state index is 0.155. The maximum absolute atomic E-state index is 11.7. The van der Waals surface area contributed by atoms with Crippen molar-refractivity contribution in [1.82, 2.24) is 0 Å². The molecule has 1 atom stereocenters. The zero-order chi connectivity index (χ0) is 21.6. The first-order valence-electron chi connectivity index (χ1n) is 10.6. The standard InChI is InChI=1S/C27H34O2/c1-9-20-15-23-24(27(6,7)18(3)26(23,4)5)16-22(20)17(2)14-19-10-12-21(13-11-19)25(28)29-8/h10-16,18H,9H2,1-8H3/b17-14+. The van der Waals surface area contributed by atoms with Gasteiger partial charge in [0.15, 0.2) is 0 Å². The quantitative estimate of drug-likeness (QED) is 0.424. The van der Waals surface area contributed by atoms with Crippen LogP contribution < -0.4 is 0 Å². The van der Waals surface area contributed by atoms with Crippen LogP contribution in [0.25, 0.3) is 11.6 Å². The van der Waals surface area contributed by atoms with Gasteiger partial charge in [-0.15, -0.1) is 0 Å². The lowest BCUT2D eigenvalue weighted by atomic mass is 9.71. The van der Waals surface area contributed by atoms with E-state index in [1.165, 1.54) is 34.9 Å². The summed E-state index contributed by atoms with van der Waals surface area (Å²) in [6.07, 6.45) is 3.22. The molecule has 0 bridgehead atoms. The van der Waals surface area contributed by atoms with Crippen molar-refractivity contribution < 1.29 is 9.53 Å². The van der Waals surface area contributed by atoms with Gasteiger partial charge in [-0.1, -0.05) is 71.9 Å². The molecule has 0 heterocycles. The highest BCUT2D eigenvalue weighted by atomic mass is 16.5. The van der Waals surface area contributed by atoms with Crippen molar-refractivity contribution in [2.75, 3.05) is 7.11 Å². The number of rotatable bonds is 4. The number of fused-ring (bicyclic) bond motifs is 1. The van der Waals surface area contributed by atoms with Gasteiger partial charge in [-0.3, -0.25) is 0 Å². The fraction of sp³-hybridized carbons (Fsp3) is 0.444. The predicted molar refractivity (Wildman–Crippen MR) is 122 cm³/mol. The number of methoxy groups -OCH3 is 1. The zero-order valence-corrected chi connectivity index (χ0v) is 19.1. The maximum Gasteiger partial charge on any atom is 0.337 e.